The van der Waals surface area contributed by atoms with Crippen molar-refractivity contribution in [2.24, 2.45) is 10.7 Å². The number of hydrogen-bond acceptors (Lipinski definition) is 3. The lowest BCUT2D eigenvalue weighted by Gasteiger charge is -2.28. The molecular formula is C45H41N3. The third-order valence-corrected chi connectivity index (χ3v) is 9.70. The molecule has 6 aromatic carbocycles. The first-order chi connectivity index (χ1) is 23.4. The SMILES string of the molecule is CC(/C(=N\CN)c1ccc(N(c2ccccc2)c2ccc3c(c2)C(C)(C)c2ccccc2-3)cc1)=C(/c1ccccc1)c1ccccc1C. The fourth-order valence-corrected chi connectivity index (χ4v) is 7.29. The Morgan fingerprint density at radius 3 is 1.90 bits per heavy atom. The van der Waals surface area contributed by atoms with E-state index in [1.165, 1.54) is 33.4 Å². The summed E-state index contributed by atoms with van der Waals surface area (Å²) in [6, 6.07) is 54.2. The normalized spacial score (nSPS) is 13.8. The highest BCUT2D eigenvalue weighted by molar-refractivity contribution is 6.18. The minimum absolute atomic E-state index is 0.0842. The second kappa shape index (κ2) is 12.9. The largest absolute Gasteiger partial charge is 0.312 e. The molecule has 0 radical (unpaired) electrons. The number of hydrogen-bond donors (Lipinski definition) is 1. The van der Waals surface area contributed by atoms with Gasteiger partial charge < -0.3 is 10.6 Å². The van der Waals surface area contributed by atoms with Crippen LogP contribution in [0.25, 0.3) is 16.7 Å². The number of nitrogens with two attached hydrogens (primary N) is 1. The molecule has 0 aromatic heterocycles. The van der Waals surface area contributed by atoms with Crippen LogP contribution in [0.4, 0.5) is 17.1 Å². The van der Waals surface area contributed by atoms with Gasteiger partial charge in [0.25, 0.3) is 0 Å². The molecule has 0 aliphatic heterocycles. The molecule has 0 amide bonds. The number of nitrogens with zero attached hydrogens (tertiary/aromatic N) is 2. The van der Waals surface area contributed by atoms with Crippen molar-refractivity contribution in [1.29, 1.82) is 0 Å². The lowest BCUT2D eigenvalue weighted by atomic mass is 9.82. The highest BCUT2D eigenvalue weighted by Gasteiger charge is 2.35. The van der Waals surface area contributed by atoms with Gasteiger partial charge in [0.1, 0.15) is 0 Å². The van der Waals surface area contributed by atoms with Gasteiger partial charge in [0.05, 0.1) is 12.4 Å². The predicted octanol–water partition coefficient (Wildman–Crippen LogP) is 11.0. The molecule has 6 aromatic rings. The molecule has 7 rings (SSSR count). The Morgan fingerprint density at radius 1 is 0.604 bits per heavy atom. The van der Waals surface area contributed by atoms with E-state index >= 15 is 0 Å². The second-order valence-electron chi connectivity index (χ2n) is 13.0. The topological polar surface area (TPSA) is 41.6 Å². The Labute approximate surface area is 284 Å². The molecule has 0 heterocycles. The zero-order valence-corrected chi connectivity index (χ0v) is 28.1. The van der Waals surface area contributed by atoms with Gasteiger partial charge in [-0.1, -0.05) is 129 Å². The number of aliphatic imine (C=N–C) groups is 1. The molecule has 2 N–H and O–H groups in total. The summed E-state index contributed by atoms with van der Waals surface area (Å²) < 4.78 is 0. The van der Waals surface area contributed by atoms with Crippen LogP contribution in [0.1, 0.15) is 54.2 Å². The van der Waals surface area contributed by atoms with Crippen LogP contribution in [0.5, 0.6) is 0 Å². The smallest absolute Gasteiger partial charge is 0.0867 e. The summed E-state index contributed by atoms with van der Waals surface area (Å²) in [7, 11) is 0. The molecule has 0 spiro atoms. The average Bonchev–Trinajstić information content (AvgIpc) is 3.35. The lowest BCUT2D eigenvalue weighted by molar-refractivity contribution is 0.660. The molecule has 236 valence electrons. The predicted molar refractivity (Wildman–Crippen MR) is 204 cm³/mol. The third-order valence-electron chi connectivity index (χ3n) is 9.70. The maximum absolute atomic E-state index is 6.12. The number of rotatable bonds is 8. The van der Waals surface area contributed by atoms with Crippen molar-refractivity contribution >= 4 is 28.3 Å². The van der Waals surface area contributed by atoms with E-state index < -0.39 is 0 Å². The first-order valence-corrected chi connectivity index (χ1v) is 16.7. The van der Waals surface area contributed by atoms with E-state index in [2.05, 4.69) is 184 Å². The van der Waals surface area contributed by atoms with Gasteiger partial charge in [-0.25, -0.2) is 0 Å². The minimum atomic E-state index is -0.0842. The number of allylic oxidation sites excluding steroid dienone is 1. The monoisotopic (exact) mass is 623 g/mol. The van der Waals surface area contributed by atoms with E-state index in [-0.39, 0.29) is 12.1 Å². The molecule has 0 fully saturated rings. The Morgan fingerprint density at radius 2 is 1.19 bits per heavy atom. The van der Waals surface area contributed by atoms with Crippen LogP contribution in [0.2, 0.25) is 0 Å². The summed E-state index contributed by atoms with van der Waals surface area (Å²) in [5, 5.41) is 0. The number of para-hydroxylation sites is 1. The van der Waals surface area contributed by atoms with Crippen LogP contribution in [0.15, 0.2) is 162 Å². The summed E-state index contributed by atoms with van der Waals surface area (Å²) in [5.41, 5.74) is 22.5. The molecule has 3 nitrogen and oxygen atoms in total. The maximum Gasteiger partial charge on any atom is 0.0867 e. The second-order valence-corrected chi connectivity index (χ2v) is 13.0. The molecule has 1 aliphatic carbocycles. The van der Waals surface area contributed by atoms with E-state index in [0.29, 0.717) is 0 Å². The van der Waals surface area contributed by atoms with Crippen molar-refractivity contribution in [3.8, 4) is 11.1 Å². The Kier molecular flexibility index (Phi) is 8.39. The van der Waals surface area contributed by atoms with Crippen molar-refractivity contribution < 1.29 is 0 Å². The molecule has 0 bridgehead atoms. The van der Waals surface area contributed by atoms with Crippen molar-refractivity contribution in [3.05, 3.63) is 191 Å². The van der Waals surface area contributed by atoms with Crippen molar-refractivity contribution in [2.45, 2.75) is 33.1 Å². The Hall–Kier alpha value is -5.51. The maximum atomic E-state index is 6.12. The zero-order chi connectivity index (χ0) is 33.3. The van der Waals surface area contributed by atoms with Gasteiger partial charge in [0.2, 0.25) is 0 Å². The third kappa shape index (κ3) is 5.57. The molecular weight excluding hydrogens is 583 g/mol. The van der Waals surface area contributed by atoms with Crippen LogP contribution in [-0.4, -0.2) is 12.4 Å². The quantitative estimate of drug-likeness (QED) is 0.171. The summed E-state index contributed by atoms with van der Waals surface area (Å²) in [6.45, 7) is 9.19. The Bertz CT molecular complexity index is 2140. The molecule has 0 saturated carbocycles. The summed E-state index contributed by atoms with van der Waals surface area (Å²) >= 11 is 0. The molecule has 1 aliphatic rings. The minimum Gasteiger partial charge on any atom is -0.312 e. The van der Waals surface area contributed by atoms with E-state index in [9.17, 15) is 0 Å². The van der Waals surface area contributed by atoms with Gasteiger partial charge in [-0.05, 0) is 100 Å². The van der Waals surface area contributed by atoms with Gasteiger partial charge in [-0.3, -0.25) is 4.99 Å². The molecule has 0 atom stereocenters. The van der Waals surface area contributed by atoms with E-state index in [1.807, 2.05) is 0 Å². The van der Waals surface area contributed by atoms with Crippen LogP contribution >= 0.6 is 0 Å². The van der Waals surface area contributed by atoms with Crippen molar-refractivity contribution in [1.82, 2.24) is 0 Å². The van der Waals surface area contributed by atoms with Crippen LogP contribution < -0.4 is 10.6 Å². The van der Waals surface area contributed by atoms with E-state index in [1.54, 1.807) is 0 Å². The van der Waals surface area contributed by atoms with Gasteiger partial charge in [0, 0.05) is 28.0 Å². The van der Waals surface area contributed by atoms with Crippen LogP contribution in [0.3, 0.4) is 0 Å². The van der Waals surface area contributed by atoms with Gasteiger partial charge in [0.15, 0.2) is 0 Å². The van der Waals surface area contributed by atoms with E-state index in [4.69, 9.17) is 10.7 Å². The van der Waals surface area contributed by atoms with Gasteiger partial charge >= 0.3 is 0 Å². The summed E-state index contributed by atoms with van der Waals surface area (Å²) in [6.07, 6.45) is 0. The Balaban J connectivity index is 1.33. The van der Waals surface area contributed by atoms with Crippen molar-refractivity contribution in [2.75, 3.05) is 11.6 Å². The number of aryl methyl sites for hydroxylation is 1. The van der Waals surface area contributed by atoms with Crippen LogP contribution in [-0.2, 0) is 5.41 Å². The van der Waals surface area contributed by atoms with Crippen LogP contribution in [0, 0.1) is 6.92 Å². The molecule has 3 heteroatoms. The number of fused-ring (bicyclic) bond motifs is 3. The summed E-state index contributed by atoms with van der Waals surface area (Å²) in [5.74, 6) is 0. The highest BCUT2D eigenvalue weighted by atomic mass is 15.1. The lowest BCUT2D eigenvalue weighted by Crippen LogP contribution is -2.16. The molecule has 0 saturated heterocycles. The standard InChI is InChI=1S/C45H41N3/c1-31-15-11-12-20-38(31)43(33-16-7-5-8-17-33)32(2)44(47-30-46)34-23-25-36(26-24-34)48(35-18-9-6-10-19-35)37-27-28-40-39-21-13-14-22-41(39)45(3,4)42(40)29-37/h5-29H,30,46H2,1-4H3/b43-32+,47-44+. The first-order valence-electron chi connectivity index (χ1n) is 16.7. The van der Waals surface area contributed by atoms with Crippen molar-refractivity contribution in [3.63, 3.8) is 0 Å². The number of anilines is 3. The highest BCUT2D eigenvalue weighted by Crippen LogP contribution is 2.50. The van der Waals surface area contributed by atoms with Gasteiger partial charge in [-0.15, -0.1) is 0 Å². The zero-order valence-electron chi connectivity index (χ0n) is 28.1. The fourth-order valence-electron chi connectivity index (χ4n) is 7.29. The molecule has 0 unspecified atom stereocenters. The van der Waals surface area contributed by atoms with E-state index in [0.717, 1.165) is 45.0 Å². The fraction of sp³-hybridized carbons (Fsp3) is 0.133. The van der Waals surface area contributed by atoms with Gasteiger partial charge in [-0.2, -0.15) is 0 Å². The summed E-state index contributed by atoms with van der Waals surface area (Å²) in [4.78, 5) is 7.23. The number of benzene rings is 6. The molecule has 48 heavy (non-hydrogen) atoms. The average molecular weight is 624 g/mol. The first kappa shape index (κ1) is 31.1.